The predicted octanol–water partition coefficient (Wildman–Crippen LogP) is 3.82. The maximum absolute atomic E-state index is 4.48. The Kier molecular flexibility index (Phi) is 3.02. The molecule has 0 aliphatic carbocycles. The third-order valence-electron chi connectivity index (χ3n) is 3.06. The fraction of sp³-hybridized carbons (Fsp3) is 0.0625. The summed E-state index contributed by atoms with van der Waals surface area (Å²) in [6, 6.07) is 16.3. The van der Waals surface area contributed by atoms with E-state index in [1.54, 1.807) is 0 Å². The largest absolute Gasteiger partial charge is 0.352 e. The second kappa shape index (κ2) is 4.98. The molecule has 0 aliphatic heterocycles. The minimum absolute atomic E-state index is 0.747. The third kappa shape index (κ3) is 2.50. The normalized spacial score (nSPS) is 10.5. The Bertz CT molecular complexity index is 662. The molecular weight excluding hydrogens is 234 g/mol. The molecule has 3 heteroatoms. The van der Waals surface area contributed by atoms with Gasteiger partial charge < -0.3 is 10.3 Å². The van der Waals surface area contributed by atoms with Crippen LogP contribution < -0.4 is 5.32 Å². The number of para-hydroxylation sites is 2. The monoisotopic (exact) mass is 249 g/mol. The summed E-state index contributed by atoms with van der Waals surface area (Å²) in [5, 5.41) is 3.30. The summed E-state index contributed by atoms with van der Waals surface area (Å²) in [5.74, 6) is 0.800. The highest BCUT2D eigenvalue weighted by molar-refractivity contribution is 5.77. The second-order valence-corrected chi connectivity index (χ2v) is 4.40. The average molecular weight is 249 g/mol. The van der Waals surface area contributed by atoms with Crippen molar-refractivity contribution >= 4 is 23.1 Å². The van der Waals surface area contributed by atoms with Crippen molar-refractivity contribution in [2.75, 3.05) is 5.32 Å². The first-order valence-electron chi connectivity index (χ1n) is 6.25. The van der Waals surface area contributed by atoms with Gasteiger partial charge in [-0.2, -0.15) is 0 Å². The van der Waals surface area contributed by atoms with Crippen LogP contribution in [0.3, 0.4) is 0 Å². The van der Waals surface area contributed by atoms with Crippen LogP contribution in [0.5, 0.6) is 0 Å². The van der Waals surface area contributed by atoms with Gasteiger partial charge in [0.05, 0.1) is 11.0 Å². The number of aromatic amines is 1. The van der Waals surface area contributed by atoms with Crippen molar-refractivity contribution < 1.29 is 0 Å². The zero-order chi connectivity index (χ0) is 13.1. The molecule has 0 fully saturated rings. The number of aromatic nitrogens is 2. The second-order valence-electron chi connectivity index (χ2n) is 4.40. The molecule has 2 N–H and O–H groups in total. The van der Waals surface area contributed by atoms with Crippen molar-refractivity contribution in [3.05, 3.63) is 66.2 Å². The number of imidazole rings is 1. The number of nitrogens with zero attached hydrogens (tertiary/aromatic N) is 1. The van der Waals surface area contributed by atoms with Crippen molar-refractivity contribution in [1.82, 2.24) is 9.97 Å². The number of anilines is 1. The molecule has 94 valence electrons. The number of H-pyrrole nitrogens is 1. The van der Waals surface area contributed by atoms with Gasteiger partial charge in [-0.3, -0.25) is 0 Å². The number of hydrogen-bond donors (Lipinski definition) is 2. The molecule has 0 amide bonds. The zero-order valence-electron chi connectivity index (χ0n) is 10.6. The lowest BCUT2D eigenvalue weighted by Crippen LogP contribution is -2.00. The van der Waals surface area contributed by atoms with Crippen LogP contribution in [0.15, 0.2) is 55.1 Å². The van der Waals surface area contributed by atoms with Gasteiger partial charge in [-0.15, -0.1) is 0 Å². The molecular formula is C16H15N3. The molecule has 0 unspecified atom stereocenters. The van der Waals surface area contributed by atoms with Gasteiger partial charge in [-0.05, 0) is 23.3 Å². The zero-order valence-corrected chi connectivity index (χ0v) is 10.6. The Balaban J connectivity index is 1.72. The van der Waals surface area contributed by atoms with E-state index < -0.39 is 0 Å². The Morgan fingerprint density at radius 1 is 1.11 bits per heavy atom. The number of hydrogen-bond acceptors (Lipinski definition) is 2. The van der Waals surface area contributed by atoms with Crippen LogP contribution in [-0.2, 0) is 6.54 Å². The summed E-state index contributed by atoms with van der Waals surface area (Å²) in [6.45, 7) is 4.50. The Morgan fingerprint density at radius 2 is 1.89 bits per heavy atom. The van der Waals surface area contributed by atoms with Crippen LogP contribution in [0.25, 0.3) is 17.1 Å². The molecule has 3 aromatic rings. The van der Waals surface area contributed by atoms with Crippen molar-refractivity contribution in [2.24, 2.45) is 0 Å². The quantitative estimate of drug-likeness (QED) is 0.738. The van der Waals surface area contributed by atoms with Gasteiger partial charge in [0.1, 0.15) is 0 Å². The molecule has 1 heterocycles. The van der Waals surface area contributed by atoms with Crippen molar-refractivity contribution in [3.8, 4) is 0 Å². The lowest BCUT2D eigenvalue weighted by molar-refractivity contribution is 1.10. The Labute approximate surface area is 112 Å². The van der Waals surface area contributed by atoms with E-state index in [4.69, 9.17) is 0 Å². The summed E-state index contributed by atoms with van der Waals surface area (Å²) in [5.41, 5.74) is 4.37. The first kappa shape index (κ1) is 11.5. The highest BCUT2D eigenvalue weighted by atomic mass is 15.1. The van der Waals surface area contributed by atoms with E-state index >= 15 is 0 Å². The van der Waals surface area contributed by atoms with E-state index in [1.807, 2.05) is 30.3 Å². The van der Waals surface area contributed by atoms with E-state index in [0.717, 1.165) is 29.1 Å². The van der Waals surface area contributed by atoms with E-state index in [0.29, 0.717) is 0 Å². The summed E-state index contributed by atoms with van der Waals surface area (Å²) in [6.07, 6.45) is 1.84. The minimum Gasteiger partial charge on any atom is -0.352 e. The molecule has 0 aliphatic rings. The molecule has 0 atom stereocenters. The number of benzene rings is 2. The Morgan fingerprint density at radius 3 is 2.63 bits per heavy atom. The van der Waals surface area contributed by atoms with Crippen LogP contribution in [0.4, 0.5) is 5.95 Å². The lowest BCUT2D eigenvalue weighted by Gasteiger charge is -2.03. The molecule has 3 rings (SSSR count). The third-order valence-corrected chi connectivity index (χ3v) is 3.06. The molecule has 0 spiro atoms. The van der Waals surface area contributed by atoms with Gasteiger partial charge in [-0.1, -0.05) is 49.1 Å². The van der Waals surface area contributed by atoms with Gasteiger partial charge in [0.25, 0.3) is 0 Å². The Hall–Kier alpha value is -2.55. The van der Waals surface area contributed by atoms with E-state index in [1.165, 1.54) is 5.56 Å². The molecule has 3 nitrogen and oxygen atoms in total. The number of fused-ring (bicyclic) bond motifs is 1. The maximum atomic E-state index is 4.48. The predicted molar refractivity (Wildman–Crippen MR) is 80.0 cm³/mol. The fourth-order valence-corrected chi connectivity index (χ4v) is 1.99. The van der Waals surface area contributed by atoms with Gasteiger partial charge in [0.2, 0.25) is 5.95 Å². The first-order valence-corrected chi connectivity index (χ1v) is 6.25. The number of rotatable bonds is 4. The lowest BCUT2D eigenvalue weighted by atomic mass is 10.1. The maximum Gasteiger partial charge on any atom is 0.201 e. The summed E-state index contributed by atoms with van der Waals surface area (Å²) in [4.78, 5) is 7.73. The topological polar surface area (TPSA) is 40.7 Å². The fourth-order valence-electron chi connectivity index (χ4n) is 1.99. The molecule has 0 saturated carbocycles. The van der Waals surface area contributed by atoms with E-state index in [-0.39, 0.29) is 0 Å². The molecule has 2 aromatic carbocycles. The van der Waals surface area contributed by atoms with Crippen LogP contribution in [0.1, 0.15) is 11.1 Å². The van der Waals surface area contributed by atoms with Crippen molar-refractivity contribution in [3.63, 3.8) is 0 Å². The molecule has 0 radical (unpaired) electrons. The van der Waals surface area contributed by atoms with Gasteiger partial charge in [0.15, 0.2) is 0 Å². The van der Waals surface area contributed by atoms with E-state index in [9.17, 15) is 0 Å². The van der Waals surface area contributed by atoms with Crippen molar-refractivity contribution in [1.29, 1.82) is 0 Å². The van der Waals surface area contributed by atoms with Crippen LogP contribution in [0.2, 0.25) is 0 Å². The smallest absolute Gasteiger partial charge is 0.201 e. The molecule has 0 saturated heterocycles. The van der Waals surface area contributed by atoms with Gasteiger partial charge >= 0.3 is 0 Å². The van der Waals surface area contributed by atoms with Gasteiger partial charge in [0, 0.05) is 6.54 Å². The summed E-state index contributed by atoms with van der Waals surface area (Å²) >= 11 is 0. The molecule has 1 aromatic heterocycles. The van der Waals surface area contributed by atoms with Crippen LogP contribution >= 0.6 is 0 Å². The van der Waals surface area contributed by atoms with Crippen molar-refractivity contribution in [2.45, 2.75) is 6.54 Å². The standard InChI is InChI=1S/C16H15N3/c1-2-12-7-9-13(10-8-12)11-17-16-18-14-5-3-4-6-15(14)19-16/h2-10H,1,11H2,(H2,17,18,19). The minimum atomic E-state index is 0.747. The SMILES string of the molecule is C=Cc1ccc(CNc2nc3ccccc3[nH]2)cc1. The van der Waals surface area contributed by atoms with Crippen LogP contribution in [0, 0.1) is 0 Å². The number of nitrogens with one attached hydrogen (secondary N) is 2. The van der Waals surface area contributed by atoms with Gasteiger partial charge in [-0.25, -0.2) is 4.98 Å². The summed E-state index contributed by atoms with van der Waals surface area (Å²) < 4.78 is 0. The molecule has 0 bridgehead atoms. The molecule has 19 heavy (non-hydrogen) atoms. The van der Waals surface area contributed by atoms with E-state index in [2.05, 4.69) is 46.1 Å². The first-order chi connectivity index (χ1) is 9.35. The van der Waals surface area contributed by atoms with Crippen LogP contribution in [-0.4, -0.2) is 9.97 Å². The summed E-state index contributed by atoms with van der Waals surface area (Å²) in [7, 11) is 0. The average Bonchev–Trinajstić information content (AvgIpc) is 2.88. The highest BCUT2D eigenvalue weighted by Gasteiger charge is 2.01. The highest BCUT2D eigenvalue weighted by Crippen LogP contribution is 2.14.